The number of aromatic nitrogens is 2. The zero-order valence-electron chi connectivity index (χ0n) is 12.2. The monoisotopic (exact) mass is 303 g/mol. The summed E-state index contributed by atoms with van der Waals surface area (Å²) in [6.45, 7) is 0. The van der Waals surface area contributed by atoms with Crippen molar-refractivity contribution in [1.29, 1.82) is 0 Å². The molecule has 1 amide bonds. The van der Waals surface area contributed by atoms with Crippen LogP contribution >= 0.6 is 0 Å². The molecule has 4 aromatic rings. The minimum Gasteiger partial charge on any atom is -0.464 e. The lowest BCUT2D eigenvalue weighted by atomic mass is 10.0. The van der Waals surface area contributed by atoms with E-state index >= 15 is 0 Å². The second-order valence-electron chi connectivity index (χ2n) is 5.22. The molecule has 0 radical (unpaired) electrons. The molecular weight excluding hydrogens is 290 g/mol. The largest absolute Gasteiger partial charge is 0.464 e. The van der Waals surface area contributed by atoms with Gasteiger partial charge in [0.05, 0.1) is 12.7 Å². The van der Waals surface area contributed by atoms with Gasteiger partial charge in [-0.2, -0.15) is 0 Å². The number of carbonyl (C=O) groups excluding carboxylic acids is 1. The van der Waals surface area contributed by atoms with E-state index in [1.807, 2.05) is 36.4 Å². The minimum absolute atomic E-state index is 0.174. The van der Waals surface area contributed by atoms with Gasteiger partial charge in [0.25, 0.3) is 0 Å². The van der Waals surface area contributed by atoms with Gasteiger partial charge in [-0.1, -0.05) is 30.3 Å². The van der Waals surface area contributed by atoms with E-state index in [4.69, 9.17) is 4.42 Å². The van der Waals surface area contributed by atoms with Crippen LogP contribution in [0.4, 0.5) is 5.95 Å². The molecule has 0 unspecified atom stereocenters. The standard InChI is InChI=1S/C18H13N3O2/c22-16(21-18-19-8-3-9-20-18)10-13-11-23-15-7-6-12-4-1-2-5-14(12)17(13)15/h1-9,11H,10H2,(H,19,20,21,22). The third-order valence-electron chi connectivity index (χ3n) is 3.71. The molecule has 0 saturated carbocycles. The third-order valence-corrected chi connectivity index (χ3v) is 3.71. The van der Waals surface area contributed by atoms with Crippen LogP contribution in [0.15, 0.2) is 65.5 Å². The van der Waals surface area contributed by atoms with Crippen LogP contribution in [0.25, 0.3) is 21.7 Å². The van der Waals surface area contributed by atoms with Crippen LogP contribution in [0.3, 0.4) is 0 Å². The first-order chi connectivity index (χ1) is 11.3. The van der Waals surface area contributed by atoms with Gasteiger partial charge < -0.3 is 4.42 Å². The van der Waals surface area contributed by atoms with E-state index in [0.717, 1.165) is 27.3 Å². The molecule has 0 aliphatic rings. The number of hydrogen-bond acceptors (Lipinski definition) is 4. The maximum Gasteiger partial charge on any atom is 0.231 e. The highest BCUT2D eigenvalue weighted by Crippen LogP contribution is 2.30. The van der Waals surface area contributed by atoms with Gasteiger partial charge in [0, 0.05) is 23.3 Å². The molecule has 0 bridgehead atoms. The van der Waals surface area contributed by atoms with Crippen molar-refractivity contribution in [3.8, 4) is 0 Å². The van der Waals surface area contributed by atoms with E-state index in [9.17, 15) is 4.79 Å². The Morgan fingerprint density at radius 2 is 1.87 bits per heavy atom. The minimum atomic E-state index is -0.174. The molecule has 1 N–H and O–H groups in total. The summed E-state index contributed by atoms with van der Waals surface area (Å²) in [5, 5.41) is 5.87. The van der Waals surface area contributed by atoms with E-state index in [2.05, 4.69) is 15.3 Å². The van der Waals surface area contributed by atoms with Crippen molar-refractivity contribution in [2.75, 3.05) is 5.32 Å². The van der Waals surface area contributed by atoms with Gasteiger partial charge in [-0.05, 0) is 22.9 Å². The zero-order valence-corrected chi connectivity index (χ0v) is 12.2. The van der Waals surface area contributed by atoms with Gasteiger partial charge in [-0.3, -0.25) is 10.1 Å². The lowest BCUT2D eigenvalue weighted by Crippen LogP contribution is -2.15. The molecule has 112 valence electrons. The number of fused-ring (bicyclic) bond motifs is 3. The van der Waals surface area contributed by atoms with Crippen LogP contribution in [0.2, 0.25) is 0 Å². The first-order valence-corrected chi connectivity index (χ1v) is 7.26. The summed E-state index contributed by atoms with van der Waals surface area (Å²) in [4.78, 5) is 20.2. The lowest BCUT2D eigenvalue weighted by molar-refractivity contribution is -0.115. The van der Waals surface area contributed by atoms with E-state index in [1.54, 1.807) is 24.7 Å². The Morgan fingerprint density at radius 1 is 1.04 bits per heavy atom. The highest BCUT2D eigenvalue weighted by Gasteiger charge is 2.13. The molecule has 5 heteroatoms. The summed E-state index contributed by atoms with van der Waals surface area (Å²) in [7, 11) is 0. The highest BCUT2D eigenvalue weighted by atomic mass is 16.3. The summed E-state index contributed by atoms with van der Waals surface area (Å²) < 4.78 is 5.60. The first-order valence-electron chi connectivity index (χ1n) is 7.26. The summed E-state index contributed by atoms with van der Waals surface area (Å²) in [6, 6.07) is 13.7. The van der Waals surface area contributed by atoms with E-state index in [0.29, 0.717) is 5.95 Å². The Labute approximate surface area is 132 Å². The van der Waals surface area contributed by atoms with Crippen molar-refractivity contribution in [2.45, 2.75) is 6.42 Å². The summed E-state index contributed by atoms with van der Waals surface area (Å²) in [5.74, 6) is 0.127. The Hall–Kier alpha value is -3.21. The maximum absolute atomic E-state index is 12.2. The van der Waals surface area contributed by atoms with Gasteiger partial charge in [0.1, 0.15) is 5.58 Å². The first kappa shape index (κ1) is 13.5. The van der Waals surface area contributed by atoms with Gasteiger partial charge in [0.15, 0.2) is 0 Å². The molecule has 0 fully saturated rings. The van der Waals surface area contributed by atoms with Gasteiger partial charge in [0.2, 0.25) is 11.9 Å². The molecule has 2 aromatic carbocycles. The smallest absolute Gasteiger partial charge is 0.231 e. The number of rotatable bonds is 3. The predicted octanol–water partition coefficient (Wildman–Crippen LogP) is 3.56. The fourth-order valence-corrected chi connectivity index (χ4v) is 2.71. The maximum atomic E-state index is 12.2. The highest BCUT2D eigenvalue weighted by molar-refractivity contribution is 6.08. The summed E-state index contributed by atoms with van der Waals surface area (Å²) >= 11 is 0. The van der Waals surface area contributed by atoms with E-state index < -0.39 is 0 Å². The van der Waals surface area contributed by atoms with E-state index in [-0.39, 0.29) is 12.3 Å². The van der Waals surface area contributed by atoms with Crippen LogP contribution in [0.5, 0.6) is 0 Å². The molecule has 0 spiro atoms. The van der Waals surface area contributed by atoms with Crippen molar-refractivity contribution in [3.63, 3.8) is 0 Å². The molecule has 23 heavy (non-hydrogen) atoms. The van der Waals surface area contributed by atoms with Crippen LogP contribution in [0, 0.1) is 0 Å². The third kappa shape index (κ3) is 2.53. The predicted molar refractivity (Wildman–Crippen MR) is 88.1 cm³/mol. The van der Waals surface area contributed by atoms with Crippen LogP contribution in [-0.2, 0) is 11.2 Å². The fraction of sp³-hybridized carbons (Fsp3) is 0.0556. The van der Waals surface area contributed by atoms with Gasteiger partial charge >= 0.3 is 0 Å². The average Bonchev–Trinajstić information content (AvgIpc) is 2.99. The fourth-order valence-electron chi connectivity index (χ4n) is 2.71. The average molecular weight is 303 g/mol. The molecule has 4 rings (SSSR count). The molecule has 0 aliphatic heterocycles. The normalized spacial score (nSPS) is 11.0. The van der Waals surface area contributed by atoms with Crippen LogP contribution in [0.1, 0.15) is 5.56 Å². The summed E-state index contributed by atoms with van der Waals surface area (Å²) in [6.07, 6.45) is 5.02. The van der Waals surface area contributed by atoms with Crippen molar-refractivity contribution in [3.05, 3.63) is 66.7 Å². The number of carbonyl (C=O) groups is 1. The molecule has 0 atom stereocenters. The van der Waals surface area contributed by atoms with Crippen LogP contribution < -0.4 is 5.32 Å². The number of nitrogens with one attached hydrogen (secondary N) is 1. The molecule has 5 nitrogen and oxygen atoms in total. The van der Waals surface area contributed by atoms with Crippen molar-refractivity contribution in [2.24, 2.45) is 0 Å². The quantitative estimate of drug-likeness (QED) is 0.628. The molecule has 2 heterocycles. The second kappa shape index (κ2) is 5.53. The van der Waals surface area contributed by atoms with Crippen LogP contribution in [-0.4, -0.2) is 15.9 Å². The molecule has 0 saturated heterocycles. The van der Waals surface area contributed by atoms with Gasteiger partial charge in [-0.25, -0.2) is 9.97 Å². The number of furan rings is 1. The Morgan fingerprint density at radius 3 is 2.74 bits per heavy atom. The van der Waals surface area contributed by atoms with Crippen molar-refractivity contribution >= 4 is 33.6 Å². The van der Waals surface area contributed by atoms with Gasteiger partial charge in [-0.15, -0.1) is 0 Å². The Balaban J connectivity index is 1.69. The van der Waals surface area contributed by atoms with E-state index in [1.165, 1.54) is 0 Å². The number of nitrogens with zero attached hydrogens (tertiary/aromatic N) is 2. The zero-order chi connectivity index (χ0) is 15.6. The number of anilines is 1. The Kier molecular flexibility index (Phi) is 3.24. The number of amides is 1. The second-order valence-corrected chi connectivity index (χ2v) is 5.22. The van der Waals surface area contributed by atoms with Crippen molar-refractivity contribution in [1.82, 2.24) is 9.97 Å². The SMILES string of the molecule is O=C(Cc1coc2ccc3ccccc3c12)Nc1ncccn1. The number of benzene rings is 2. The summed E-state index contributed by atoms with van der Waals surface area (Å²) in [5.41, 5.74) is 1.63. The van der Waals surface area contributed by atoms with Crippen molar-refractivity contribution < 1.29 is 9.21 Å². The Bertz CT molecular complexity index is 993. The molecule has 2 aromatic heterocycles. The lowest BCUT2D eigenvalue weighted by Gasteiger charge is -2.03. The molecule has 0 aliphatic carbocycles. The topological polar surface area (TPSA) is 68.0 Å². The number of hydrogen-bond donors (Lipinski definition) is 1. The molecular formula is C18H13N3O2.